The number of allylic oxidation sites excluding steroid dienone is 2. The largest absolute Gasteiger partial charge is 0.508 e. The van der Waals surface area contributed by atoms with E-state index in [1.54, 1.807) is 7.11 Å². The van der Waals surface area contributed by atoms with E-state index in [0.29, 0.717) is 5.57 Å². The molecule has 4 rings (SSSR count). The molecule has 4 nitrogen and oxygen atoms in total. The standard InChI is InChI=1S/C23H26N2O2/c1-14-9-20-21-11-16-10-17(27-6)7-8-19(16)24(21)13-22(23(3,4)5)25(20)12-18(14)15(2)26/h7-12,22,26H,1-2,13H2,3-6H3. The van der Waals surface area contributed by atoms with Gasteiger partial charge < -0.3 is 19.3 Å². The van der Waals surface area contributed by atoms with E-state index < -0.39 is 0 Å². The van der Waals surface area contributed by atoms with Gasteiger partial charge >= 0.3 is 0 Å². The van der Waals surface area contributed by atoms with Crippen LogP contribution in [0.2, 0.25) is 0 Å². The zero-order chi connectivity index (χ0) is 19.5. The third-order valence-electron chi connectivity index (χ3n) is 5.58. The Morgan fingerprint density at radius 3 is 2.63 bits per heavy atom. The molecule has 0 radical (unpaired) electrons. The normalized spacial score (nSPS) is 19.3. The van der Waals surface area contributed by atoms with Crippen LogP contribution in [0.15, 0.2) is 66.6 Å². The molecular weight excluding hydrogens is 336 g/mol. The van der Waals surface area contributed by atoms with Crippen LogP contribution >= 0.6 is 0 Å². The smallest absolute Gasteiger partial charge is 0.119 e. The second kappa shape index (κ2) is 5.81. The molecular formula is C23H26N2O2. The molecule has 4 heteroatoms. The van der Waals surface area contributed by atoms with Crippen molar-refractivity contribution < 1.29 is 9.84 Å². The lowest BCUT2D eigenvalue weighted by atomic mass is 9.83. The van der Waals surface area contributed by atoms with Crippen LogP contribution in [-0.4, -0.2) is 27.7 Å². The third-order valence-corrected chi connectivity index (χ3v) is 5.58. The van der Waals surface area contributed by atoms with Crippen molar-refractivity contribution >= 4 is 16.6 Å². The first-order valence-electron chi connectivity index (χ1n) is 9.17. The quantitative estimate of drug-likeness (QED) is 0.742. The molecule has 1 N–H and O–H groups in total. The van der Waals surface area contributed by atoms with Gasteiger partial charge in [0.1, 0.15) is 11.5 Å². The molecule has 0 fully saturated rings. The Morgan fingerprint density at radius 1 is 1.26 bits per heavy atom. The molecule has 140 valence electrons. The monoisotopic (exact) mass is 362 g/mol. The molecule has 2 aromatic rings. The number of aromatic nitrogens is 1. The van der Waals surface area contributed by atoms with E-state index in [1.165, 1.54) is 5.52 Å². The highest BCUT2D eigenvalue weighted by Gasteiger charge is 2.38. The van der Waals surface area contributed by atoms with Crippen molar-refractivity contribution in [3.63, 3.8) is 0 Å². The molecule has 1 atom stereocenters. The first-order chi connectivity index (χ1) is 12.7. The van der Waals surface area contributed by atoms with Crippen molar-refractivity contribution in [3.05, 3.63) is 72.3 Å². The zero-order valence-corrected chi connectivity index (χ0v) is 16.4. The fourth-order valence-corrected chi connectivity index (χ4v) is 4.07. The van der Waals surface area contributed by atoms with Gasteiger partial charge in [-0.3, -0.25) is 0 Å². The van der Waals surface area contributed by atoms with Gasteiger partial charge in [0, 0.05) is 29.2 Å². The number of hydrogen-bond acceptors (Lipinski definition) is 3. The van der Waals surface area contributed by atoms with Crippen molar-refractivity contribution in [2.75, 3.05) is 7.11 Å². The number of hydrogen-bond donors (Lipinski definition) is 1. The van der Waals surface area contributed by atoms with E-state index in [9.17, 15) is 5.11 Å². The third kappa shape index (κ3) is 2.67. The maximum absolute atomic E-state index is 10.00. The molecule has 0 saturated carbocycles. The molecule has 2 aliphatic heterocycles. The topological polar surface area (TPSA) is 37.6 Å². The van der Waals surface area contributed by atoms with Crippen LogP contribution in [0.3, 0.4) is 0 Å². The van der Waals surface area contributed by atoms with Crippen LogP contribution in [0, 0.1) is 5.41 Å². The molecule has 0 amide bonds. The van der Waals surface area contributed by atoms with E-state index in [0.717, 1.165) is 34.6 Å². The second-order valence-electron chi connectivity index (χ2n) is 8.40. The van der Waals surface area contributed by atoms with Crippen molar-refractivity contribution in [1.82, 2.24) is 9.47 Å². The minimum atomic E-state index is 0.0386. The SMILES string of the molecule is C=C(O)C1=CN2C(=CC1=C)c1cc3cc(OC)ccc3n1CC2C(C)(C)C. The van der Waals surface area contributed by atoms with Gasteiger partial charge in [-0.25, -0.2) is 0 Å². The summed E-state index contributed by atoms with van der Waals surface area (Å²) in [6, 6.07) is 8.65. The van der Waals surface area contributed by atoms with Crippen LogP contribution in [0.4, 0.5) is 0 Å². The van der Waals surface area contributed by atoms with E-state index in [-0.39, 0.29) is 17.2 Å². The summed E-state index contributed by atoms with van der Waals surface area (Å²) in [7, 11) is 1.69. The van der Waals surface area contributed by atoms with Gasteiger partial charge in [0.25, 0.3) is 0 Å². The first kappa shape index (κ1) is 17.5. The Labute approximate surface area is 160 Å². The summed E-state index contributed by atoms with van der Waals surface area (Å²) in [5.74, 6) is 0.911. The van der Waals surface area contributed by atoms with Crippen LogP contribution in [0.5, 0.6) is 5.75 Å². The minimum Gasteiger partial charge on any atom is -0.508 e. The van der Waals surface area contributed by atoms with E-state index in [2.05, 4.69) is 67.7 Å². The summed E-state index contributed by atoms with van der Waals surface area (Å²) in [5.41, 5.74) is 4.96. The molecule has 1 aromatic carbocycles. The summed E-state index contributed by atoms with van der Waals surface area (Å²) >= 11 is 0. The maximum Gasteiger partial charge on any atom is 0.119 e. The highest BCUT2D eigenvalue weighted by molar-refractivity contribution is 5.88. The van der Waals surface area contributed by atoms with Crippen LogP contribution in [-0.2, 0) is 6.54 Å². The van der Waals surface area contributed by atoms with Gasteiger partial charge in [-0.05, 0) is 41.3 Å². The maximum atomic E-state index is 10.00. The average molecular weight is 362 g/mol. The number of ether oxygens (including phenoxy) is 1. The van der Waals surface area contributed by atoms with Crippen LogP contribution in [0.25, 0.3) is 16.6 Å². The van der Waals surface area contributed by atoms with Crippen molar-refractivity contribution in [2.24, 2.45) is 5.41 Å². The minimum absolute atomic E-state index is 0.0386. The van der Waals surface area contributed by atoms with Gasteiger partial charge in [-0.2, -0.15) is 0 Å². The number of nitrogens with zero attached hydrogens (tertiary/aromatic N) is 2. The van der Waals surface area contributed by atoms with Crippen molar-refractivity contribution in [2.45, 2.75) is 33.4 Å². The van der Waals surface area contributed by atoms with E-state index in [4.69, 9.17) is 4.74 Å². The Bertz CT molecular complexity index is 1030. The summed E-state index contributed by atoms with van der Waals surface area (Å²) in [6.07, 6.45) is 4.05. The summed E-state index contributed by atoms with van der Waals surface area (Å²) < 4.78 is 7.78. The van der Waals surface area contributed by atoms with Gasteiger partial charge in [-0.15, -0.1) is 0 Å². The number of aliphatic hydroxyl groups excluding tert-OH is 1. The Balaban J connectivity index is 1.95. The Morgan fingerprint density at radius 2 is 2.00 bits per heavy atom. The Kier molecular flexibility index (Phi) is 3.77. The molecule has 2 aliphatic rings. The molecule has 0 saturated heterocycles. The fourth-order valence-electron chi connectivity index (χ4n) is 4.07. The van der Waals surface area contributed by atoms with Crippen LogP contribution in [0.1, 0.15) is 26.5 Å². The highest BCUT2D eigenvalue weighted by atomic mass is 16.5. The lowest BCUT2D eigenvalue weighted by Crippen LogP contribution is -2.47. The van der Waals surface area contributed by atoms with Gasteiger partial charge in [-0.1, -0.05) is 33.9 Å². The lowest BCUT2D eigenvalue weighted by molar-refractivity contribution is 0.163. The van der Waals surface area contributed by atoms with Crippen molar-refractivity contribution in [3.8, 4) is 5.75 Å². The summed E-state index contributed by atoms with van der Waals surface area (Å²) in [5, 5.41) is 11.2. The summed E-state index contributed by atoms with van der Waals surface area (Å²) in [6.45, 7) is 15.4. The molecule has 0 aliphatic carbocycles. The fraction of sp³-hybridized carbons (Fsp3) is 0.304. The first-order valence-corrected chi connectivity index (χ1v) is 9.17. The molecule has 1 unspecified atom stereocenters. The number of fused-ring (bicyclic) bond motifs is 5. The second-order valence-corrected chi connectivity index (χ2v) is 8.40. The van der Waals surface area contributed by atoms with Gasteiger partial charge in [0.2, 0.25) is 0 Å². The van der Waals surface area contributed by atoms with Gasteiger partial charge in [0.15, 0.2) is 0 Å². The van der Waals surface area contributed by atoms with Gasteiger partial charge in [0.05, 0.1) is 24.5 Å². The molecule has 1 aromatic heterocycles. The lowest BCUT2D eigenvalue weighted by Gasteiger charge is -2.46. The summed E-state index contributed by atoms with van der Waals surface area (Å²) in [4.78, 5) is 2.27. The van der Waals surface area contributed by atoms with E-state index >= 15 is 0 Å². The average Bonchev–Trinajstić information content (AvgIpc) is 2.97. The molecule has 3 heterocycles. The number of aliphatic hydroxyl groups is 1. The predicted molar refractivity (Wildman–Crippen MR) is 111 cm³/mol. The molecule has 0 spiro atoms. The number of rotatable bonds is 2. The Hall–Kier alpha value is -2.88. The zero-order valence-electron chi connectivity index (χ0n) is 16.4. The molecule has 0 bridgehead atoms. The van der Waals surface area contributed by atoms with E-state index in [1.807, 2.05) is 12.3 Å². The molecule has 27 heavy (non-hydrogen) atoms. The predicted octanol–water partition coefficient (Wildman–Crippen LogP) is 5.25. The number of methoxy groups -OCH3 is 1. The number of benzene rings is 1. The van der Waals surface area contributed by atoms with Crippen LogP contribution < -0.4 is 4.74 Å². The van der Waals surface area contributed by atoms with Crippen molar-refractivity contribution in [1.29, 1.82) is 0 Å². The highest BCUT2D eigenvalue weighted by Crippen LogP contribution is 2.43.